The average Bonchev–Trinajstić information content (AvgIpc) is 2.93. The van der Waals surface area contributed by atoms with Crippen LogP contribution in [-0.2, 0) is 11.3 Å². The van der Waals surface area contributed by atoms with Crippen LogP contribution < -0.4 is 10.6 Å². The molecule has 2 heterocycles. The molecule has 2 rings (SSSR count). The molecule has 0 aromatic carbocycles. The fourth-order valence-corrected chi connectivity index (χ4v) is 1.99. The van der Waals surface area contributed by atoms with E-state index in [0.717, 1.165) is 18.7 Å². The standard InChI is InChI=1S/C13H21N5O/c1-4-5-18-8-14-7-10(18)11-12(19)17-13(16-11)15-6-9(2)3/h7-9,11H,4-6H2,1-3H3,(H2,15,16,17,19). The van der Waals surface area contributed by atoms with Crippen molar-refractivity contribution < 1.29 is 4.79 Å². The number of hydrogen-bond donors (Lipinski definition) is 2. The molecule has 1 aromatic rings. The van der Waals surface area contributed by atoms with Gasteiger partial charge in [-0.1, -0.05) is 20.8 Å². The quantitative estimate of drug-likeness (QED) is 0.834. The Bertz CT molecular complexity index is 477. The Kier molecular flexibility index (Phi) is 4.19. The first-order chi connectivity index (χ1) is 9.11. The van der Waals surface area contributed by atoms with Crippen LogP contribution in [0.3, 0.4) is 0 Å². The molecule has 1 atom stereocenters. The second-order valence-electron chi connectivity index (χ2n) is 5.16. The van der Waals surface area contributed by atoms with Crippen LogP contribution in [0, 0.1) is 5.92 Å². The van der Waals surface area contributed by atoms with Crippen molar-refractivity contribution >= 4 is 11.9 Å². The van der Waals surface area contributed by atoms with Crippen LogP contribution in [0.15, 0.2) is 17.5 Å². The predicted octanol–water partition coefficient (Wildman–Crippen LogP) is 1.07. The maximum absolute atomic E-state index is 12.0. The number of guanidine groups is 1. The molecule has 0 bridgehead atoms. The lowest BCUT2D eigenvalue weighted by molar-refractivity contribution is -0.120. The highest BCUT2D eigenvalue weighted by Gasteiger charge is 2.31. The number of aromatic nitrogens is 2. The third-order valence-corrected chi connectivity index (χ3v) is 2.90. The smallest absolute Gasteiger partial charge is 0.255 e. The third kappa shape index (κ3) is 3.13. The van der Waals surface area contributed by atoms with Crippen LogP contribution in [0.4, 0.5) is 0 Å². The summed E-state index contributed by atoms with van der Waals surface area (Å²) in [6.45, 7) is 7.84. The molecular formula is C13H21N5O. The summed E-state index contributed by atoms with van der Waals surface area (Å²) in [7, 11) is 0. The highest BCUT2D eigenvalue weighted by atomic mass is 16.2. The van der Waals surface area contributed by atoms with Gasteiger partial charge in [-0.3, -0.25) is 15.1 Å². The number of imidazole rings is 1. The van der Waals surface area contributed by atoms with Gasteiger partial charge in [0.15, 0.2) is 12.0 Å². The number of amides is 1. The van der Waals surface area contributed by atoms with Crippen molar-refractivity contribution in [3.05, 3.63) is 18.2 Å². The Morgan fingerprint density at radius 2 is 2.32 bits per heavy atom. The molecule has 19 heavy (non-hydrogen) atoms. The van der Waals surface area contributed by atoms with Crippen molar-refractivity contribution in [3.8, 4) is 0 Å². The first kappa shape index (κ1) is 13.6. The van der Waals surface area contributed by atoms with E-state index >= 15 is 0 Å². The average molecular weight is 263 g/mol. The summed E-state index contributed by atoms with van der Waals surface area (Å²) >= 11 is 0. The first-order valence-corrected chi connectivity index (χ1v) is 6.73. The van der Waals surface area contributed by atoms with Crippen LogP contribution in [-0.4, -0.2) is 28.0 Å². The molecule has 6 heteroatoms. The number of aryl methyl sites for hydroxylation is 1. The normalized spacial score (nSPS) is 20.9. The van der Waals surface area contributed by atoms with Crippen LogP contribution in [0.1, 0.15) is 38.9 Å². The Morgan fingerprint density at radius 1 is 1.53 bits per heavy atom. The zero-order chi connectivity index (χ0) is 13.8. The van der Waals surface area contributed by atoms with Crippen LogP contribution >= 0.6 is 0 Å². The predicted molar refractivity (Wildman–Crippen MR) is 73.7 cm³/mol. The molecule has 6 nitrogen and oxygen atoms in total. The van der Waals surface area contributed by atoms with Gasteiger partial charge >= 0.3 is 0 Å². The van der Waals surface area contributed by atoms with E-state index in [4.69, 9.17) is 0 Å². The van der Waals surface area contributed by atoms with E-state index in [-0.39, 0.29) is 11.9 Å². The van der Waals surface area contributed by atoms with Crippen molar-refractivity contribution in [2.75, 3.05) is 6.54 Å². The van der Waals surface area contributed by atoms with Gasteiger partial charge in [-0.05, 0) is 12.3 Å². The molecule has 1 aromatic heterocycles. The summed E-state index contributed by atoms with van der Waals surface area (Å²) in [6.07, 6.45) is 4.50. The van der Waals surface area contributed by atoms with Gasteiger partial charge in [-0.25, -0.2) is 4.98 Å². The van der Waals surface area contributed by atoms with Crippen LogP contribution in [0.5, 0.6) is 0 Å². The Hall–Kier alpha value is -1.85. The van der Waals surface area contributed by atoms with Gasteiger partial charge in [0.05, 0.1) is 18.2 Å². The van der Waals surface area contributed by atoms with E-state index in [2.05, 4.69) is 41.4 Å². The molecule has 1 saturated heterocycles. The van der Waals surface area contributed by atoms with Gasteiger partial charge in [-0.2, -0.15) is 0 Å². The number of carbonyl (C=O) groups excluding carboxylic acids is 1. The lowest BCUT2D eigenvalue weighted by atomic mass is 10.2. The van der Waals surface area contributed by atoms with Gasteiger partial charge in [0, 0.05) is 13.1 Å². The summed E-state index contributed by atoms with van der Waals surface area (Å²) in [5.41, 5.74) is 0.883. The third-order valence-electron chi connectivity index (χ3n) is 2.90. The molecular weight excluding hydrogens is 242 g/mol. The van der Waals surface area contributed by atoms with E-state index in [1.807, 2.05) is 4.57 Å². The van der Waals surface area contributed by atoms with E-state index in [1.54, 1.807) is 12.5 Å². The Morgan fingerprint density at radius 3 is 3.00 bits per heavy atom. The fraction of sp³-hybridized carbons (Fsp3) is 0.615. The van der Waals surface area contributed by atoms with Gasteiger partial charge in [0.1, 0.15) is 0 Å². The van der Waals surface area contributed by atoms with Gasteiger partial charge in [-0.15, -0.1) is 0 Å². The zero-order valence-corrected chi connectivity index (χ0v) is 11.7. The first-order valence-electron chi connectivity index (χ1n) is 6.73. The summed E-state index contributed by atoms with van der Waals surface area (Å²) in [5, 5.41) is 5.90. The molecule has 1 unspecified atom stereocenters. The van der Waals surface area contributed by atoms with E-state index in [9.17, 15) is 4.79 Å². The highest BCUT2D eigenvalue weighted by Crippen LogP contribution is 2.16. The molecule has 0 spiro atoms. The SMILES string of the molecule is CCCn1cncc1C1NC(=NCC(C)C)NC1=O. The number of hydrogen-bond acceptors (Lipinski definition) is 3. The van der Waals surface area contributed by atoms with Crippen LogP contribution in [0.2, 0.25) is 0 Å². The highest BCUT2D eigenvalue weighted by molar-refractivity contribution is 6.06. The molecule has 1 aliphatic rings. The van der Waals surface area contributed by atoms with Crippen molar-refractivity contribution in [2.24, 2.45) is 10.9 Å². The number of nitrogens with one attached hydrogen (secondary N) is 2. The van der Waals surface area contributed by atoms with Gasteiger partial charge in [0.2, 0.25) is 0 Å². The summed E-state index contributed by atoms with van der Waals surface area (Å²) in [5.74, 6) is 0.962. The van der Waals surface area contributed by atoms with Crippen molar-refractivity contribution in [3.63, 3.8) is 0 Å². The fourth-order valence-electron chi connectivity index (χ4n) is 1.99. The minimum Gasteiger partial charge on any atom is -0.339 e. The number of rotatable bonds is 5. The number of aliphatic imine (C=N–C) groups is 1. The van der Waals surface area contributed by atoms with Crippen LogP contribution in [0.25, 0.3) is 0 Å². The lowest BCUT2D eigenvalue weighted by Gasteiger charge is -2.11. The summed E-state index contributed by atoms with van der Waals surface area (Å²) in [4.78, 5) is 20.5. The van der Waals surface area contributed by atoms with Crippen molar-refractivity contribution in [1.82, 2.24) is 20.2 Å². The van der Waals surface area contributed by atoms with Crippen molar-refractivity contribution in [2.45, 2.75) is 39.8 Å². The molecule has 0 saturated carbocycles. The maximum Gasteiger partial charge on any atom is 0.255 e. The molecule has 1 aliphatic heterocycles. The minimum absolute atomic E-state index is 0.0691. The molecule has 0 radical (unpaired) electrons. The zero-order valence-electron chi connectivity index (χ0n) is 11.7. The van der Waals surface area contributed by atoms with E-state index < -0.39 is 0 Å². The topological polar surface area (TPSA) is 71.3 Å². The maximum atomic E-state index is 12.0. The Balaban J connectivity index is 2.11. The van der Waals surface area contributed by atoms with E-state index in [1.165, 1.54) is 0 Å². The number of nitrogens with zero attached hydrogens (tertiary/aromatic N) is 3. The van der Waals surface area contributed by atoms with Crippen molar-refractivity contribution in [1.29, 1.82) is 0 Å². The minimum atomic E-state index is -0.389. The van der Waals surface area contributed by atoms with Gasteiger partial charge in [0.25, 0.3) is 5.91 Å². The molecule has 104 valence electrons. The summed E-state index contributed by atoms with van der Waals surface area (Å²) < 4.78 is 2.00. The van der Waals surface area contributed by atoms with E-state index in [0.29, 0.717) is 18.4 Å². The monoisotopic (exact) mass is 263 g/mol. The number of carbonyl (C=O) groups is 1. The molecule has 2 N–H and O–H groups in total. The largest absolute Gasteiger partial charge is 0.339 e. The van der Waals surface area contributed by atoms with Gasteiger partial charge < -0.3 is 9.88 Å². The summed E-state index contributed by atoms with van der Waals surface area (Å²) in [6, 6.07) is -0.389. The molecule has 1 amide bonds. The Labute approximate surface area is 113 Å². The molecule has 0 aliphatic carbocycles. The second-order valence-corrected chi connectivity index (χ2v) is 5.16. The second kappa shape index (κ2) is 5.86. The molecule has 1 fully saturated rings. The lowest BCUT2D eigenvalue weighted by Crippen LogP contribution is -2.26.